The summed E-state index contributed by atoms with van der Waals surface area (Å²) in [6, 6.07) is -0.732. The first-order valence-electron chi connectivity index (χ1n) is 5.73. The van der Waals surface area contributed by atoms with Gasteiger partial charge in [0, 0.05) is 18.4 Å². The number of piperidine rings is 1. The summed E-state index contributed by atoms with van der Waals surface area (Å²) in [4.78, 5) is 34.1. The number of rotatable bonds is 2. The van der Waals surface area contributed by atoms with E-state index in [1.165, 1.54) is 12.2 Å². The third-order valence-corrected chi connectivity index (χ3v) is 2.83. The minimum absolute atomic E-state index is 0.192. The number of hydrogen-bond donors (Lipinski definition) is 2. The molecule has 96 valence electrons. The highest BCUT2D eigenvalue weighted by molar-refractivity contribution is 6.04. The third kappa shape index (κ3) is 2.82. The number of imide groups is 1. The Balaban J connectivity index is 1.97. The molecule has 2 unspecified atom stereocenters. The van der Waals surface area contributed by atoms with Gasteiger partial charge in [-0.2, -0.15) is 0 Å². The molecule has 0 spiro atoms. The molecule has 18 heavy (non-hydrogen) atoms. The van der Waals surface area contributed by atoms with E-state index in [-0.39, 0.29) is 30.7 Å². The van der Waals surface area contributed by atoms with Crippen LogP contribution in [-0.4, -0.2) is 29.9 Å². The highest BCUT2D eigenvalue weighted by Crippen LogP contribution is 2.14. The number of amides is 3. The summed E-state index contributed by atoms with van der Waals surface area (Å²) in [6.07, 6.45) is 3.87. The first-order chi connectivity index (χ1) is 8.56. The van der Waals surface area contributed by atoms with Gasteiger partial charge in [0.15, 0.2) is 0 Å². The summed E-state index contributed by atoms with van der Waals surface area (Å²) >= 11 is 0. The number of carbonyl (C=O) groups excluding carboxylic acids is 3. The summed E-state index contributed by atoms with van der Waals surface area (Å²) in [6.45, 7) is 0. The predicted molar refractivity (Wildman–Crippen MR) is 61.1 cm³/mol. The Hall–Kier alpha value is -1.98. The molecule has 1 fully saturated rings. The van der Waals surface area contributed by atoms with Crippen LogP contribution in [0.2, 0.25) is 0 Å². The molecule has 2 atom stereocenters. The maximum absolute atomic E-state index is 13.1. The zero-order valence-corrected chi connectivity index (χ0v) is 9.61. The summed E-state index contributed by atoms with van der Waals surface area (Å²) in [5.41, 5.74) is 0.207. The van der Waals surface area contributed by atoms with Crippen molar-refractivity contribution in [3.05, 3.63) is 23.8 Å². The largest absolute Gasteiger partial charge is 0.340 e. The molecule has 1 heterocycles. The second kappa shape index (κ2) is 5.12. The van der Waals surface area contributed by atoms with E-state index in [4.69, 9.17) is 0 Å². The van der Waals surface area contributed by atoms with Crippen LogP contribution in [0, 0.1) is 0 Å². The zero-order valence-electron chi connectivity index (χ0n) is 9.61. The van der Waals surface area contributed by atoms with E-state index in [0.29, 0.717) is 0 Å². The molecule has 0 aromatic carbocycles. The van der Waals surface area contributed by atoms with Crippen LogP contribution in [0.1, 0.15) is 19.3 Å². The van der Waals surface area contributed by atoms with Gasteiger partial charge in [0.05, 0.1) is 0 Å². The topological polar surface area (TPSA) is 75.3 Å². The molecular weight excluding hydrogens is 239 g/mol. The zero-order chi connectivity index (χ0) is 13.1. The van der Waals surface area contributed by atoms with Gasteiger partial charge in [0.2, 0.25) is 11.8 Å². The van der Waals surface area contributed by atoms with Crippen molar-refractivity contribution in [3.63, 3.8) is 0 Å². The Morgan fingerprint density at radius 2 is 2.22 bits per heavy atom. The van der Waals surface area contributed by atoms with Crippen LogP contribution in [0.15, 0.2) is 23.8 Å². The van der Waals surface area contributed by atoms with E-state index in [1.54, 1.807) is 6.08 Å². The van der Waals surface area contributed by atoms with Gasteiger partial charge in [-0.15, -0.1) is 0 Å². The van der Waals surface area contributed by atoms with Gasteiger partial charge >= 0.3 is 0 Å². The maximum atomic E-state index is 13.1. The van der Waals surface area contributed by atoms with Crippen LogP contribution in [0.3, 0.4) is 0 Å². The lowest BCUT2D eigenvalue weighted by atomic mass is 10.0. The molecule has 0 radical (unpaired) electrons. The van der Waals surface area contributed by atoms with Crippen LogP contribution in [0.4, 0.5) is 4.39 Å². The highest BCUT2D eigenvalue weighted by atomic mass is 19.1. The van der Waals surface area contributed by atoms with Crippen molar-refractivity contribution in [2.45, 2.75) is 31.5 Å². The van der Waals surface area contributed by atoms with Gasteiger partial charge in [-0.05, 0) is 12.5 Å². The lowest BCUT2D eigenvalue weighted by Crippen LogP contribution is -2.52. The maximum Gasteiger partial charge on any atom is 0.251 e. The lowest BCUT2D eigenvalue weighted by Gasteiger charge is -2.22. The molecule has 2 aliphatic rings. The number of nitrogens with one attached hydrogen (secondary N) is 2. The number of halogens is 1. The number of carbonyl (C=O) groups is 3. The number of allylic oxidation sites excluding steroid dienone is 2. The van der Waals surface area contributed by atoms with E-state index >= 15 is 0 Å². The van der Waals surface area contributed by atoms with Gasteiger partial charge in [0.25, 0.3) is 5.91 Å². The van der Waals surface area contributed by atoms with Crippen LogP contribution in [-0.2, 0) is 14.4 Å². The van der Waals surface area contributed by atoms with E-state index < -0.39 is 24.0 Å². The minimum atomic E-state index is -1.17. The molecule has 5 nitrogen and oxygen atoms in total. The molecule has 6 heteroatoms. The van der Waals surface area contributed by atoms with Crippen LogP contribution < -0.4 is 10.6 Å². The van der Waals surface area contributed by atoms with Crippen molar-refractivity contribution in [1.29, 1.82) is 0 Å². The molecule has 0 aromatic rings. The summed E-state index contributed by atoms with van der Waals surface area (Å²) < 4.78 is 13.1. The smallest absolute Gasteiger partial charge is 0.251 e. The van der Waals surface area contributed by atoms with E-state index in [9.17, 15) is 18.8 Å². The van der Waals surface area contributed by atoms with Gasteiger partial charge in [-0.3, -0.25) is 19.7 Å². The number of alkyl halides is 1. The Morgan fingerprint density at radius 1 is 1.44 bits per heavy atom. The van der Waals surface area contributed by atoms with Crippen molar-refractivity contribution in [1.82, 2.24) is 10.6 Å². The monoisotopic (exact) mass is 252 g/mol. The second-order valence-electron chi connectivity index (χ2n) is 4.25. The van der Waals surface area contributed by atoms with Gasteiger partial charge in [0.1, 0.15) is 12.2 Å². The van der Waals surface area contributed by atoms with Crippen molar-refractivity contribution in [2.75, 3.05) is 0 Å². The van der Waals surface area contributed by atoms with E-state index in [0.717, 1.165) is 0 Å². The summed E-state index contributed by atoms with van der Waals surface area (Å²) in [7, 11) is 0. The van der Waals surface area contributed by atoms with Gasteiger partial charge in [-0.1, -0.05) is 12.2 Å². The molecule has 1 aliphatic carbocycles. The van der Waals surface area contributed by atoms with E-state index in [1.807, 2.05) is 0 Å². The third-order valence-electron chi connectivity index (χ3n) is 2.83. The average Bonchev–Trinajstić information content (AvgIpc) is 2.32. The van der Waals surface area contributed by atoms with Gasteiger partial charge < -0.3 is 5.32 Å². The molecular formula is C12H13FN2O3. The SMILES string of the molecule is O=C1CCC(NC(=O)C2=CC(F)CC=C2)C(=O)N1. The molecule has 2 N–H and O–H groups in total. The molecule has 0 aromatic heterocycles. The first kappa shape index (κ1) is 12.5. The molecule has 1 aliphatic heterocycles. The Labute approximate surface area is 103 Å². The molecule has 1 saturated heterocycles. The Bertz CT molecular complexity index is 456. The fraction of sp³-hybridized carbons (Fsp3) is 0.417. The highest BCUT2D eigenvalue weighted by Gasteiger charge is 2.28. The van der Waals surface area contributed by atoms with Crippen molar-refractivity contribution in [3.8, 4) is 0 Å². The van der Waals surface area contributed by atoms with Crippen LogP contribution in [0.5, 0.6) is 0 Å². The lowest BCUT2D eigenvalue weighted by molar-refractivity contribution is -0.136. The van der Waals surface area contributed by atoms with Crippen molar-refractivity contribution in [2.24, 2.45) is 0 Å². The number of hydrogen-bond acceptors (Lipinski definition) is 3. The van der Waals surface area contributed by atoms with Crippen LogP contribution >= 0.6 is 0 Å². The van der Waals surface area contributed by atoms with Crippen molar-refractivity contribution >= 4 is 17.7 Å². The first-order valence-corrected chi connectivity index (χ1v) is 5.73. The molecule has 3 amide bonds. The molecule has 2 rings (SSSR count). The quantitative estimate of drug-likeness (QED) is 0.686. The predicted octanol–water partition coefficient (Wildman–Crippen LogP) is 0.132. The average molecular weight is 252 g/mol. The summed E-state index contributed by atoms with van der Waals surface area (Å²) in [5.74, 6) is -1.36. The fourth-order valence-electron chi connectivity index (χ4n) is 1.87. The summed E-state index contributed by atoms with van der Waals surface area (Å²) in [5, 5.41) is 4.63. The minimum Gasteiger partial charge on any atom is -0.340 e. The molecule has 0 saturated carbocycles. The van der Waals surface area contributed by atoms with Crippen molar-refractivity contribution < 1.29 is 18.8 Å². The normalized spacial score (nSPS) is 27.5. The van der Waals surface area contributed by atoms with E-state index in [2.05, 4.69) is 10.6 Å². The molecule has 0 bridgehead atoms. The van der Waals surface area contributed by atoms with Crippen LogP contribution in [0.25, 0.3) is 0 Å². The second-order valence-corrected chi connectivity index (χ2v) is 4.25. The fourth-order valence-corrected chi connectivity index (χ4v) is 1.87. The Morgan fingerprint density at radius 3 is 2.89 bits per heavy atom. The van der Waals surface area contributed by atoms with Gasteiger partial charge in [-0.25, -0.2) is 4.39 Å². The Kier molecular flexibility index (Phi) is 3.55. The standard InChI is InChI=1S/C12H13FN2O3/c13-8-3-1-2-7(6-8)11(17)14-9-4-5-10(16)15-12(9)18/h1-2,6,8-9H,3-5H2,(H,14,17)(H,15,16,18).